The molecule has 3 nitrogen and oxygen atoms in total. The van der Waals surface area contributed by atoms with E-state index in [9.17, 15) is 4.79 Å². The smallest absolute Gasteiger partial charge is 0.337 e. The van der Waals surface area contributed by atoms with Crippen LogP contribution in [0.4, 0.5) is 5.69 Å². The highest BCUT2D eigenvalue weighted by atomic mass is 16.5. The van der Waals surface area contributed by atoms with Crippen LogP contribution in [0, 0.1) is 0 Å². The van der Waals surface area contributed by atoms with Crippen LogP contribution in [-0.2, 0) is 9.53 Å². The molecule has 0 bridgehead atoms. The SMILES string of the molecule is C=C(C(=O)OC)c1cc(C(C)C)c(N)c(C(C)C)c1. The summed E-state index contributed by atoms with van der Waals surface area (Å²) in [5, 5.41) is 0. The lowest BCUT2D eigenvalue weighted by Crippen LogP contribution is -2.08. The fourth-order valence-corrected chi connectivity index (χ4v) is 2.07. The van der Waals surface area contributed by atoms with Gasteiger partial charge in [-0.05, 0) is 40.7 Å². The Morgan fingerprint density at radius 1 is 1.16 bits per heavy atom. The van der Waals surface area contributed by atoms with Crippen molar-refractivity contribution in [1.82, 2.24) is 0 Å². The molecule has 1 aromatic carbocycles. The molecule has 0 spiro atoms. The van der Waals surface area contributed by atoms with E-state index in [1.807, 2.05) is 12.1 Å². The molecular weight excluding hydrogens is 238 g/mol. The predicted molar refractivity (Wildman–Crippen MR) is 80.1 cm³/mol. The van der Waals surface area contributed by atoms with Crippen LogP contribution in [0.1, 0.15) is 56.2 Å². The van der Waals surface area contributed by atoms with Crippen molar-refractivity contribution in [1.29, 1.82) is 0 Å². The first-order valence-electron chi connectivity index (χ1n) is 6.50. The first-order valence-corrected chi connectivity index (χ1v) is 6.50. The summed E-state index contributed by atoms with van der Waals surface area (Å²) in [6.07, 6.45) is 0. The van der Waals surface area contributed by atoms with Gasteiger partial charge in [-0.15, -0.1) is 0 Å². The van der Waals surface area contributed by atoms with Gasteiger partial charge in [0.1, 0.15) is 0 Å². The van der Waals surface area contributed by atoms with Gasteiger partial charge in [-0.2, -0.15) is 0 Å². The zero-order valence-corrected chi connectivity index (χ0v) is 12.4. The van der Waals surface area contributed by atoms with E-state index in [2.05, 4.69) is 34.3 Å². The Bertz CT molecular complexity index is 472. The molecule has 0 aliphatic heterocycles. The number of nitrogens with two attached hydrogens (primary N) is 1. The van der Waals surface area contributed by atoms with Gasteiger partial charge in [-0.25, -0.2) is 4.79 Å². The number of benzene rings is 1. The Hall–Kier alpha value is -1.77. The van der Waals surface area contributed by atoms with Crippen LogP contribution in [-0.4, -0.2) is 13.1 Å². The third-order valence-electron chi connectivity index (χ3n) is 3.27. The first kappa shape index (κ1) is 15.3. The molecule has 0 atom stereocenters. The molecule has 0 aliphatic carbocycles. The summed E-state index contributed by atoms with van der Waals surface area (Å²) in [5.41, 5.74) is 10.3. The van der Waals surface area contributed by atoms with Gasteiger partial charge in [0.2, 0.25) is 0 Å². The van der Waals surface area contributed by atoms with Crippen molar-refractivity contribution >= 4 is 17.2 Å². The van der Waals surface area contributed by atoms with Gasteiger partial charge in [0.05, 0.1) is 12.7 Å². The number of nitrogen functional groups attached to an aromatic ring is 1. The number of anilines is 1. The van der Waals surface area contributed by atoms with Gasteiger partial charge < -0.3 is 10.5 Å². The van der Waals surface area contributed by atoms with Crippen LogP contribution in [0.5, 0.6) is 0 Å². The Kier molecular flexibility index (Phi) is 4.76. The number of hydrogen-bond donors (Lipinski definition) is 1. The molecule has 0 heterocycles. The average molecular weight is 261 g/mol. The molecule has 104 valence electrons. The second-order valence-corrected chi connectivity index (χ2v) is 5.35. The van der Waals surface area contributed by atoms with Crippen molar-refractivity contribution in [3.63, 3.8) is 0 Å². The third-order valence-corrected chi connectivity index (χ3v) is 3.27. The number of hydrogen-bond acceptors (Lipinski definition) is 3. The zero-order valence-electron chi connectivity index (χ0n) is 12.4. The molecule has 1 rings (SSSR count). The molecular formula is C16H23NO2. The van der Waals surface area contributed by atoms with Crippen LogP contribution >= 0.6 is 0 Å². The van der Waals surface area contributed by atoms with E-state index in [4.69, 9.17) is 10.5 Å². The van der Waals surface area contributed by atoms with Crippen molar-refractivity contribution < 1.29 is 9.53 Å². The van der Waals surface area contributed by atoms with Crippen molar-refractivity contribution in [2.75, 3.05) is 12.8 Å². The minimum absolute atomic E-state index is 0.294. The summed E-state index contributed by atoms with van der Waals surface area (Å²) in [6.45, 7) is 12.1. The van der Waals surface area contributed by atoms with Crippen LogP contribution in [0.3, 0.4) is 0 Å². The minimum Gasteiger partial charge on any atom is -0.465 e. The van der Waals surface area contributed by atoms with Crippen molar-refractivity contribution in [3.05, 3.63) is 35.4 Å². The van der Waals surface area contributed by atoms with E-state index in [-0.39, 0.29) is 0 Å². The van der Waals surface area contributed by atoms with Crippen LogP contribution < -0.4 is 5.73 Å². The van der Waals surface area contributed by atoms with E-state index < -0.39 is 5.97 Å². The highest BCUT2D eigenvalue weighted by Crippen LogP contribution is 2.33. The maximum Gasteiger partial charge on any atom is 0.337 e. The summed E-state index contributed by atoms with van der Waals surface area (Å²) in [4.78, 5) is 11.6. The molecule has 0 saturated heterocycles. The standard InChI is InChI=1S/C16H23NO2/c1-9(2)13-7-12(11(5)16(18)19-6)8-14(10(3)4)15(13)17/h7-10H,5,17H2,1-4,6H3. The van der Waals surface area contributed by atoms with Crippen molar-refractivity contribution in [2.24, 2.45) is 0 Å². The van der Waals surface area contributed by atoms with Gasteiger partial charge in [0.15, 0.2) is 0 Å². The van der Waals surface area contributed by atoms with Gasteiger partial charge in [0, 0.05) is 5.69 Å². The Morgan fingerprint density at radius 2 is 1.58 bits per heavy atom. The first-order chi connectivity index (χ1) is 8.79. The zero-order chi connectivity index (χ0) is 14.7. The Balaban J connectivity index is 3.43. The van der Waals surface area contributed by atoms with Crippen LogP contribution in [0.15, 0.2) is 18.7 Å². The molecule has 1 aromatic rings. The van der Waals surface area contributed by atoms with Crippen molar-refractivity contribution in [3.8, 4) is 0 Å². The number of ether oxygens (including phenoxy) is 1. The van der Waals surface area contributed by atoms with Crippen molar-refractivity contribution in [2.45, 2.75) is 39.5 Å². The molecule has 0 radical (unpaired) electrons. The lowest BCUT2D eigenvalue weighted by atomic mass is 9.89. The molecule has 3 heteroatoms. The topological polar surface area (TPSA) is 52.3 Å². The van der Waals surface area contributed by atoms with E-state index >= 15 is 0 Å². The molecule has 0 saturated carbocycles. The number of carbonyl (C=O) groups excluding carboxylic acids is 1. The maximum absolute atomic E-state index is 11.6. The molecule has 19 heavy (non-hydrogen) atoms. The van der Waals surface area contributed by atoms with Gasteiger partial charge in [0.25, 0.3) is 0 Å². The van der Waals surface area contributed by atoms with E-state index in [1.54, 1.807) is 0 Å². The minimum atomic E-state index is -0.408. The summed E-state index contributed by atoms with van der Waals surface area (Å²) >= 11 is 0. The molecule has 0 fully saturated rings. The Morgan fingerprint density at radius 3 is 1.89 bits per heavy atom. The largest absolute Gasteiger partial charge is 0.465 e. The monoisotopic (exact) mass is 261 g/mol. The Labute approximate surface area is 115 Å². The second kappa shape index (κ2) is 5.91. The maximum atomic E-state index is 11.6. The lowest BCUT2D eigenvalue weighted by Gasteiger charge is -2.19. The molecule has 0 aromatic heterocycles. The highest BCUT2D eigenvalue weighted by Gasteiger charge is 2.17. The van der Waals surface area contributed by atoms with Crippen LogP contribution in [0.2, 0.25) is 0 Å². The molecule has 0 aliphatic rings. The summed E-state index contributed by atoms with van der Waals surface area (Å²) in [5.74, 6) is 0.181. The fraction of sp³-hybridized carbons (Fsp3) is 0.438. The fourth-order valence-electron chi connectivity index (χ4n) is 2.07. The van der Waals surface area contributed by atoms with Gasteiger partial charge in [-0.1, -0.05) is 34.3 Å². The second-order valence-electron chi connectivity index (χ2n) is 5.35. The summed E-state index contributed by atoms with van der Waals surface area (Å²) in [6, 6.07) is 3.87. The van der Waals surface area contributed by atoms with Crippen LogP contribution in [0.25, 0.3) is 5.57 Å². The highest BCUT2D eigenvalue weighted by molar-refractivity contribution is 6.15. The molecule has 0 unspecified atom stereocenters. The lowest BCUT2D eigenvalue weighted by molar-refractivity contribution is -0.133. The third kappa shape index (κ3) is 3.16. The summed E-state index contributed by atoms with van der Waals surface area (Å²) < 4.78 is 4.73. The molecule has 0 amide bonds. The summed E-state index contributed by atoms with van der Waals surface area (Å²) in [7, 11) is 1.36. The van der Waals surface area contributed by atoms with E-state index in [0.717, 1.165) is 22.4 Å². The van der Waals surface area contributed by atoms with E-state index in [0.29, 0.717) is 17.4 Å². The predicted octanol–water partition coefficient (Wildman–Crippen LogP) is 3.70. The normalized spacial score (nSPS) is 10.9. The number of esters is 1. The number of carbonyl (C=O) groups is 1. The van der Waals surface area contributed by atoms with Gasteiger partial charge >= 0.3 is 5.97 Å². The number of methoxy groups -OCH3 is 1. The van der Waals surface area contributed by atoms with E-state index in [1.165, 1.54) is 7.11 Å². The van der Waals surface area contributed by atoms with Gasteiger partial charge in [-0.3, -0.25) is 0 Å². The average Bonchev–Trinajstić information content (AvgIpc) is 2.36. The molecule has 2 N–H and O–H groups in total. The number of rotatable bonds is 4. The quantitative estimate of drug-likeness (QED) is 0.511.